The van der Waals surface area contributed by atoms with E-state index in [9.17, 15) is 19.5 Å². The van der Waals surface area contributed by atoms with E-state index in [0.717, 1.165) is 11.1 Å². The third-order valence-corrected chi connectivity index (χ3v) is 4.91. The van der Waals surface area contributed by atoms with Crippen LogP contribution in [0.25, 0.3) is 0 Å². The zero-order chi connectivity index (χ0) is 24.1. The van der Waals surface area contributed by atoms with E-state index in [4.69, 9.17) is 9.47 Å². The first kappa shape index (κ1) is 23.3. The summed E-state index contributed by atoms with van der Waals surface area (Å²) in [5, 5.41) is 13.1. The molecule has 0 aromatic heterocycles. The van der Waals surface area contributed by atoms with Gasteiger partial charge in [0, 0.05) is 11.9 Å². The Morgan fingerprint density at radius 3 is 2.21 bits per heavy atom. The summed E-state index contributed by atoms with van der Waals surface area (Å²) in [6, 6.07) is 10.4. The lowest BCUT2D eigenvalue weighted by Crippen LogP contribution is -2.27. The average molecular weight is 448 g/mol. The minimum absolute atomic E-state index is 0.0129. The van der Waals surface area contributed by atoms with Crippen LogP contribution in [0.1, 0.15) is 21.5 Å². The van der Waals surface area contributed by atoms with Crippen LogP contribution in [0, 0.1) is 13.8 Å². The van der Waals surface area contributed by atoms with Gasteiger partial charge in [-0.1, -0.05) is 18.2 Å². The first-order valence-electron chi connectivity index (χ1n) is 10.0. The molecule has 3 rings (SSSR count). The summed E-state index contributed by atoms with van der Waals surface area (Å²) in [6.07, 6.45) is 6.18. The molecule has 0 saturated carbocycles. The summed E-state index contributed by atoms with van der Waals surface area (Å²) in [7, 11) is 2.40. The Morgan fingerprint density at radius 2 is 1.61 bits per heavy atom. The van der Waals surface area contributed by atoms with Gasteiger partial charge < -0.3 is 24.8 Å². The standard InChI is InChI=1S/C25H24N2O6/c1-15-12-16(2)14-17(13-15)26-21-18(23(28)29)9-7-10-20(21)27-11-6-5-8-19(24(30)32-3)22(27)25(31)33-4/h5-14,26H,1-4H3,(H,28,29). The average Bonchev–Trinajstić information content (AvgIpc) is 3.00. The van der Waals surface area contributed by atoms with E-state index >= 15 is 0 Å². The second-order valence-electron chi connectivity index (χ2n) is 7.32. The number of benzene rings is 2. The van der Waals surface area contributed by atoms with Crippen molar-refractivity contribution in [3.63, 3.8) is 0 Å². The third kappa shape index (κ3) is 4.95. The summed E-state index contributed by atoms with van der Waals surface area (Å²) >= 11 is 0. The van der Waals surface area contributed by atoms with Crippen LogP contribution in [-0.2, 0) is 19.1 Å². The van der Waals surface area contributed by atoms with E-state index < -0.39 is 17.9 Å². The Labute approximate surface area is 191 Å². The van der Waals surface area contributed by atoms with Crippen molar-refractivity contribution in [1.29, 1.82) is 0 Å². The van der Waals surface area contributed by atoms with Gasteiger partial charge in [-0.15, -0.1) is 0 Å². The number of aromatic carboxylic acids is 1. The number of nitrogens with one attached hydrogen (secondary N) is 1. The number of carboxylic acids is 1. The molecule has 33 heavy (non-hydrogen) atoms. The maximum atomic E-state index is 12.8. The van der Waals surface area contributed by atoms with E-state index in [0.29, 0.717) is 11.4 Å². The lowest BCUT2D eigenvalue weighted by molar-refractivity contribution is -0.139. The van der Waals surface area contributed by atoms with Crippen LogP contribution in [-0.4, -0.2) is 37.2 Å². The van der Waals surface area contributed by atoms with E-state index in [1.54, 1.807) is 30.5 Å². The van der Waals surface area contributed by atoms with Gasteiger partial charge in [0.2, 0.25) is 0 Å². The largest absolute Gasteiger partial charge is 0.478 e. The SMILES string of the molecule is COC(=O)C1=C(C(=O)OC)N(c2cccc(C(=O)O)c2Nc2cc(C)cc(C)c2)C=CC=C1. The molecule has 8 nitrogen and oxygen atoms in total. The molecular weight excluding hydrogens is 424 g/mol. The van der Waals surface area contributed by atoms with Gasteiger partial charge in [0.05, 0.1) is 36.7 Å². The fourth-order valence-electron chi connectivity index (χ4n) is 3.59. The number of para-hydroxylation sites is 1. The zero-order valence-corrected chi connectivity index (χ0v) is 18.7. The Morgan fingerprint density at radius 1 is 0.939 bits per heavy atom. The van der Waals surface area contributed by atoms with Gasteiger partial charge in [-0.2, -0.15) is 0 Å². The van der Waals surface area contributed by atoms with Crippen LogP contribution < -0.4 is 10.2 Å². The number of hydrogen-bond acceptors (Lipinski definition) is 7. The summed E-state index contributed by atoms with van der Waals surface area (Å²) < 4.78 is 9.79. The molecule has 0 fully saturated rings. The Kier molecular flexibility index (Phi) is 6.97. The fraction of sp³-hybridized carbons (Fsp3) is 0.160. The summed E-state index contributed by atoms with van der Waals surface area (Å²) in [4.78, 5) is 38.7. The van der Waals surface area contributed by atoms with Gasteiger partial charge in [-0.05, 0) is 61.4 Å². The number of aryl methyl sites for hydroxylation is 2. The number of methoxy groups -OCH3 is 2. The zero-order valence-electron chi connectivity index (χ0n) is 18.7. The Hall–Kier alpha value is -4.33. The van der Waals surface area contributed by atoms with Gasteiger partial charge in [-0.25, -0.2) is 14.4 Å². The molecule has 0 saturated heterocycles. The van der Waals surface area contributed by atoms with E-state index in [2.05, 4.69) is 5.32 Å². The predicted octanol–water partition coefficient (Wildman–Crippen LogP) is 4.24. The fourth-order valence-corrected chi connectivity index (χ4v) is 3.59. The first-order chi connectivity index (χ1) is 15.8. The smallest absolute Gasteiger partial charge is 0.355 e. The molecule has 0 spiro atoms. The maximum absolute atomic E-state index is 12.8. The second kappa shape index (κ2) is 9.86. The number of anilines is 3. The molecule has 0 aliphatic carbocycles. The first-order valence-corrected chi connectivity index (χ1v) is 10.0. The molecule has 0 amide bonds. The summed E-state index contributed by atoms with van der Waals surface area (Å²) in [5.41, 5.74) is 3.08. The van der Waals surface area contributed by atoms with E-state index in [1.807, 2.05) is 32.0 Å². The molecule has 1 aliphatic rings. The van der Waals surface area contributed by atoms with Gasteiger partial charge in [-0.3, -0.25) is 0 Å². The quantitative estimate of drug-likeness (QED) is 0.633. The number of carboxylic acid groups (broad SMARTS) is 1. The van der Waals surface area contributed by atoms with Crippen molar-refractivity contribution in [2.24, 2.45) is 0 Å². The molecule has 0 bridgehead atoms. The minimum Gasteiger partial charge on any atom is -0.478 e. The van der Waals surface area contributed by atoms with Gasteiger partial charge in [0.25, 0.3) is 0 Å². The van der Waals surface area contributed by atoms with Crippen LogP contribution in [0.15, 0.2) is 72.1 Å². The molecule has 170 valence electrons. The number of esters is 2. The number of carbonyl (C=O) groups is 3. The van der Waals surface area contributed by atoms with Crippen LogP contribution in [0.2, 0.25) is 0 Å². The Bertz CT molecular complexity index is 1190. The molecule has 2 aromatic rings. The molecular formula is C25H24N2O6. The molecule has 0 radical (unpaired) electrons. The highest BCUT2D eigenvalue weighted by Crippen LogP contribution is 2.37. The van der Waals surface area contributed by atoms with Crippen molar-refractivity contribution in [1.82, 2.24) is 0 Å². The number of carbonyl (C=O) groups excluding carboxylic acids is 2. The van der Waals surface area contributed by atoms with Crippen molar-refractivity contribution in [2.75, 3.05) is 24.4 Å². The maximum Gasteiger partial charge on any atom is 0.355 e. The molecule has 1 heterocycles. The lowest BCUT2D eigenvalue weighted by atomic mass is 10.1. The van der Waals surface area contributed by atoms with Gasteiger partial charge in [0.1, 0.15) is 5.70 Å². The lowest BCUT2D eigenvalue weighted by Gasteiger charge is -2.26. The topological polar surface area (TPSA) is 105 Å². The highest BCUT2D eigenvalue weighted by molar-refractivity contribution is 6.07. The molecule has 2 N–H and O–H groups in total. The van der Waals surface area contributed by atoms with E-state index in [1.165, 1.54) is 31.3 Å². The van der Waals surface area contributed by atoms with Crippen LogP contribution in [0.5, 0.6) is 0 Å². The Balaban J connectivity index is 2.28. The van der Waals surface area contributed by atoms with Crippen molar-refractivity contribution in [3.05, 3.63) is 88.8 Å². The van der Waals surface area contributed by atoms with E-state index in [-0.39, 0.29) is 22.5 Å². The number of nitrogens with zero attached hydrogens (tertiary/aromatic N) is 1. The van der Waals surface area contributed by atoms with Gasteiger partial charge >= 0.3 is 17.9 Å². The summed E-state index contributed by atoms with van der Waals surface area (Å²) in [6.45, 7) is 3.87. The van der Waals surface area contributed by atoms with Gasteiger partial charge in [0.15, 0.2) is 0 Å². The highest BCUT2D eigenvalue weighted by atomic mass is 16.5. The number of ether oxygens (including phenoxy) is 2. The molecule has 8 heteroatoms. The van der Waals surface area contributed by atoms with Crippen LogP contribution in [0.4, 0.5) is 17.1 Å². The third-order valence-electron chi connectivity index (χ3n) is 4.91. The minimum atomic E-state index is -1.16. The predicted molar refractivity (Wildman–Crippen MR) is 124 cm³/mol. The van der Waals surface area contributed by atoms with Crippen LogP contribution in [0.3, 0.4) is 0 Å². The molecule has 0 unspecified atom stereocenters. The summed E-state index contributed by atoms with van der Waals surface area (Å²) in [5.74, 6) is -2.68. The monoisotopic (exact) mass is 448 g/mol. The van der Waals surface area contributed by atoms with Crippen molar-refractivity contribution < 1.29 is 29.0 Å². The van der Waals surface area contributed by atoms with Crippen molar-refractivity contribution in [2.45, 2.75) is 13.8 Å². The van der Waals surface area contributed by atoms with Crippen molar-refractivity contribution in [3.8, 4) is 0 Å². The normalized spacial score (nSPS) is 12.9. The molecule has 2 aromatic carbocycles. The van der Waals surface area contributed by atoms with Crippen molar-refractivity contribution >= 4 is 35.0 Å². The van der Waals surface area contributed by atoms with Crippen LogP contribution >= 0.6 is 0 Å². The highest BCUT2D eigenvalue weighted by Gasteiger charge is 2.30. The second-order valence-corrected chi connectivity index (χ2v) is 7.32. The molecule has 1 aliphatic heterocycles. The number of allylic oxidation sites excluding steroid dienone is 2. The molecule has 0 atom stereocenters. The number of rotatable bonds is 6. The number of hydrogen-bond donors (Lipinski definition) is 2.